The first kappa shape index (κ1) is 18.0. The lowest BCUT2D eigenvalue weighted by atomic mass is 10.2. The predicted molar refractivity (Wildman–Crippen MR) is 75.6 cm³/mol. The van der Waals surface area contributed by atoms with Crippen molar-refractivity contribution in [3.05, 3.63) is 29.8 Å². The second-order valence-corrected chi connectivity index (χ2v) is 7.03. The van der Waals surface area contributed by atoms with E-state index in [1.807, 2.05) is 13.8 Å². The van der Waals surface area contributed by atoms with Gasteiger partial charge in [0.15, 0.2) is 0 Å². The molecule has 110 valence electrons. The van der Waals surface area contributed by atoms with Crippen molar-refractivity contribution >= 4 is 10.1 Å². The van der Waals surface area contributed by atoms with Gasteiger partial charge in [0.1, 0.15) is 12.6 Å². The first-order valence-corrected chi connectivity index (χ1v) is 7.38. The number of aryl methyl sites for hydroxylation is 1. The average molecular weight is 290 g/mol. The number of benzene rings is 1. The maximum Gasteiger partial charge on any atom is 0.294 e. The van der Waals surface area contributed by atoms with Gasteiger partial charge in [-0.2, -0.15) is 8.42 Å². The average Bonchev–Trinajstić information content (AvgIpc) is 2.13. The van der Waals surface area contributed by atoms with Crippen LogP contribution in [0.4, 0.5) is 0 Å². The largest absolute Gasteiger partial charge is 0.388 e. The molecule has 0 aliphatic heterocycles. The third-order valence-electron chi connectivity index (χ3n) is 2.13. The van der Waals surface area contributed by atoms with Crippen LogP contribution in [0.1, 0.15) is 12.5 Å². The van der Waals surface area contributed by atoms with Gasteiger partial charge in [-0.25, -0.2) is 0 Å². The molecule has 0 aromatic heterocycles. The smallest absolute Gasteiger partial charge is 0.294 e. The van der Waals surface area contributed by atoms with Crippen LogP contribution in [-0.4, -0.2) is 56.4 Å². The Morgan fingerprint density at radius 1 is 1.16 bits per heavy atom. The van der Waals surface area contributed by atoms with E-state index >= 15 is 0 Å². The highest BCUT2D eigenvalue weighted by Gasteiger charge is 2.09. The highest BCUT2D eigenvalue weighted by molar-refractivity contribution is 7.85. The fraction of sp³-hybridized carbons (Fsp3) is 0.538. The minimum absolute atomic E-state index is 0.0666. The van der Waals surface area contributed by atoms with E-state index in [9.17, 15) is 8.42 Å². The van der Waals surface area contributed by atoms with Crippen LogP contribution in [0.15, 0.2) is 29.2 Å². The number of hydrogen-bond acceptors (Lipinski definition) is 3. The van der Waals surface area contributed by atoms with Crippen molar-refractivity contribution in [2.75, 3.05) is 27.7 Å². The molecule has 1 aromatic rings. The van der Waals surface area contributed by atoms with Crippen LogP contribution in [0.25, 0.3) is 0 Å². The van der Waals surface area contributed by atoms with E-state index in [1.54, 1.807) is 12.1 Å². The zero-order valence-corrected chi connectivity index (χ0v) is 13.0. The zero-order valence-electron chi connectivity index (χ0n) is 12.2. The van der Waals surface area contributed by atoms with Crippen LogP contribution in [0.5, 0.6) is 0 Å². The lowest BCUT2D eigenvalue weighted by Crippen LogP contribution is -2.40. The number of likely N-dealkylation sites (N-methyl/N-ethyl adjacent to an activating group) is 1. The molecule has 6 heteroatoms. The zero-order chi connectivity index (χ0) is 15.3. The fourth-order valence-corrected chi connectivity index (χ4v) is 1.98. The molecule has 0 saturated heterocycles. The molecule has 0 aliphatic rings. The molecule has 0 amide bonds. The van der Waals surface area contributed by atoms with Crippen molar-refractivity contribution < 1.29 is 22.6 Å². The van der Waals surface area contributed by atoms with Gasteiger partial charge in [-0.1, -0.05) is 17.7 Å². The van der Waals surface area contributed by atoms with E-state index in [2.05, 4.69) is 21.1 Å². The monoisotopic (exact) mass is 290 g/mol. The van der Waals surface area contributed by atoms with Gasteiger partial charge in [0.25, 0.3) is 10.1 Å². The number of rotatable bonds is 3. The number of quaternary nitrogens is 1. The molecule has 1 rings (SSSR count). The molecular formula is C13H24NO4S+. The van der Waals surface area contributed by atoms with E-state index in [-0.39, 0.29) is 11.0 Å². The molecule has 19 heavy (non-hydrogen) atoms. The first-order chi connectivity index (χ1) is 8.42. The number of aliphatic hydroxyl groups is 1. The van der Waals surface area contributed by atoms with Crippen LogP contribution in [0.3, 0.4) is 0 Å². The molecule has 1 atom stereocenters. The molecule has 1 unspecified atom stereocenters. The van der Waals surface area contributed by atoms with Crippen molar-refractivity contribution in [2.45, 2.75) is 24.8 Å². The molecule has 5 nitrogen and oxygen atoms in total. The Labute approximate surface area is 115 Å². The van der Waals surface area contributed by atoms with Gasteiger partial charge in [-0.15, -0.1) is 0 Å². The van der Waals surface area contributed by atoms with E-state index in [0.29, 0.717) is 0 Å². The summed E-state index contributed by atoms with van der Waals surface area (Å²) >= 11 is 0. The molecule has 1 aromatic carbocycles. The SMILES string of the molecule is CC(O)C[N+](C)(C)C.Cc1ccc(S(=O)(=O)O)cc1. The lowest BCUT2D eigenvalue weighted by Gasteiger charge is -2.24. The predicted octanol–water partition coefficient (Wildman–Crippen LogP) is 1.32. The molecule has 0 radical (unpaired) electrons. The highest BCUT2D eigenvalue weighted by Crippen LogP contribution is 2.08. The summed E-state index contributed by atoms with van der Waals surface area (Å²) in [6.45, 7) is 4.47. The summed E-state index contributed by atoms with van der Waals surface area (Å²) in [5, 5.41) is 8.87. The fourth-order valence-electron chi connectivity index (χ4n) is 1.50. The number of nitrogens with zero attached hydrogens (tertiary/aromatic N) is 1. The van der Waals surface area contributed by atoms with Crippen molar-refractivity contribution in [2.24, 2.45) is 0 Å². The quantitative estimate of drug-likeness (QED) is 0.650. The molecule has 2 N–H and O–H groups in total. The summed E-state index contributed by atoms with van der Waals surface area (Å²) in [7, 11) is 2.17. The van der Waals surface area contributed by atoms with Crippen LogP contribution in [0, 0.1) is 6.92 Å². The van der Waals surface area contributed by atoms with E-state index in [0.717, 1.165) is 16.6 Å². The van der Waals surface area contributed by atoms with Crippen molar-refractivity contribution in [1.82, 2.24) is 0 Å². The van der Waals surface area contributed by atoms with Gasteiger partial charge >= 0.3 is 0 Å². The lowest BCUT2D eigenvalue weighted by molar-refractivity contribution is -0.873. The maximum absolute atomic E-state index is 10.5. The molecule has 0 heterocycles. The van der Waals surface area contributed by atoms with Gasteiger partial charge in [0.2, 0.25) is 0 Å². The van der Waals surface area contributed by atoms with Crippen molar-refractivity contribution in [1.29, 1.82) is 0 Å². The second kappa shape index (κ2) is 7.00. The third kappa shape index (κ3) is 9.61. The minimum Gasteiger partial charge on any atom is -0.388 e. The number of aliphatic hydroxyl groups excluding tert-OH is 1. The maximum atomic E-state index is 10.5. The Hall–Kier alpha value is -0.950. The molecule has 0 aliphatic carbocycles. The first-order valence-electron chi connectivity index (χ1n) is 5.94. The van der Waals surface area contributed by atoms with E-state index in [1.165, 1.54) is 12.1 Å². The summed E-state index contributed by atoms with van der Waals surface area (Å²) in [5.41, 5.74) is 0.956. The molecular weight excluding hydrogens is 266 g/mol. The topological polar surface area (TPSA) is 74.6 Å². The minimum atomic E-state index is -4.02. The molecule has 0 saturated carbocycles. The Morgan fingerprint density at radius 2 is 1.58 bits per heavy atom. The van der Waals surface area contributed by atoms with Crippen molar-refractivity contribution in [3.8, 4) is 0 Å². The summed E-state index contributed by atoms with van der Waals surface area (Å²) in [5.74, 6) is 0. The normalized spacial score (nSPS) is 13.4. The molecule has 0 bridgehead atoms. The van der Waals surface area contributed by atoms with E-state index in [4.69, 9.17) is 9.66 Å². The van der Waals surface area contributed by atoms with Crippen LogP contribution < -0.4 is 0 Å². The summed E-state index contributed by atoms with van der Waals surface area (Å²) in [4.78, 5) is -0.0666. The van der Waals surface area contributed by atoms with Gasteiger partial charge in [0.05, 0.1) is 26.0 Å². The Balaban J connectivity index is 0.000000362. The summed E-state index contributed by atoms with van der Waals surface area (Å²) in [6, 6.07) is 5.99. The van der Waals surface area contributed by atoms with E-state index < -0.39 is 10.1 Å². The Bertz CT molecular complexity index is 472. The Morgan fingerprint density at radius 3 is 1.79 bits per heavy atom. The summed E-state index contributed by atoms with van der Waals surface area (Å²) in [6.07, 6.45) is -0.185. The van der Waals surface area contributed by atoms with Crippen LogP contribution in [0.2, 0.25) is 0 Å². The highest BCUT2D eigenvalue weighted by atomic mass is 32.2. The second-order valence-electron chi connectivity index (χ2n) is 5.61. The van der Waals surface area contributed by atoms with Crippen LogP contribution in [-0.2, 0) is 10.1 Å². The van der Waals surface area contributed by atoms with Gasteiger partial charge in [-0.3, -0.25) is 4.55 Å². The number of hydrogen-bond donors (Lipinski definition) is 2. The standard InChI is InChI=1S/C7H8O3S.C6H16NO/c1-6-2-4-7(5-3-6)11(8,9)10;1-6(8)5-7(2,3)4/h2-5H,1H3,(H,8,9,10);6,8H,5H2,1-4H3/q;+1. The molecule has 0 fully saturated rings. The Kier molecular flexibility index (Phi) is 6.65. The summed E-state index contributed by atoms with van der Waals surface area (Å²) < 4.78 is 30.4. The van der Waals surface area contributed by atoms with Crippen LogP contribution >= 0.6 is 0 Å². The molecule has 0 spiro atoms. The third-order valence-corrected chi connectivity index (χ3v) is 3.00. The van der Waals surface area contributed by atoms with Gasteiger partial charge in [-0.05, 0) is 26.0 Å². The van der Waals surface area contributed by atoms with Gasteiger partial charge < -0.3 is 9.59 Å². The van der Waals surface area contributed by atoms with Crippen molar-refractivity contribution in [3.63, 3.8) is 0 Å². The van der Waals surface area contributed by atoms with Gasteiger partial charge in [0, 0.05) is 0 Å².